The lowest BCUT2D eigenvalue weighted by Crippen LogP contribution is -2.49. The quantitative estimate of drug-likeness (QED) is 0.0282. The molecule has 4 fully saturated rings. The Morgan fingerprint density at radius 3 is 1.45 bits per heavy atom. The number of aliphatic hydroxyl groups excluding tert-OH is 1. The molecule has 7 N–H and O–H groups in total. The molecule has 0 saturated carbocycles. The number of carboxylic acids is 3. The summed E-state index contributed by atoms with van der Waals surface area (Å²) in [5.41, 5.74) is 1.67. The van der Waals surface area contributed by atoms with Gasteiger partial charge < -0.3 is 55.2 Å². The van der Waals surface area contributed by atoms with Crippen LogP contribution in [0.4, 0.5) is 13.2 Å². The third-order valence-electron chi connectivity index (χ3n) is 11.4. The summed E-state index contributed by atoms with van der Waals surface area (Å²) < 4.78 is 87.6. The van der Waals surface area contributed by atoms with Gasteiger partial charge >= 0.3 is 45.5 Å². The highest BCUT2D eigenvalue weighted by atomic mass is 127. The second-order valence-electron chi connectivity index (χ2n) is 17.2. The Morgan fingerprint density at radius 2 is 1.09 bits per heavy atom. The number of ether oxygens (including phenoxy) is 5. The summed E-state index contributed by atoms with van der Waals surface area (Å²) >= 11 is 2.15. The zero-order chi connectivity index (χ0) is 61.9. The number of halogens is 4. The van der Waals surface area contributed by atoms with Gasteiger partial charge in [-0.2, -0.15) is 21.6 Å². The molecule has 4 saturated heterocycles. The van der Waals surface area contributed by atoms with E-state index in [4.69, 9.17) is 40.0 Å². The van der Waals surface area contributed by atoms with E-state index in [1.54, 1.807) is 62.8 Å². The average Bonchev–Trinajstić information content (AvgIpc) is 4.12. The van der Waals surface area contributed by atoms with Gasteiger partial charge in [-0.05, 0) is 77.3 Å². The number of methoxy groups -OCH3 is 3. The molecule has 5 unspecified atom stereocenters. The maximum atomic E-state index is 12.4. The highest BCUT2D eigenvalue weighted by Gasteiger charge is 2.51. The Bertz CT molecular complexity index is 2770. The van der Waals surface area contributed by atoms with E-state index < -0.39 is 94.1 Å². The van der Waals surface area contributed by atoms with Gasteiger partial charge in [-0.15, -0.1) is 0 Å². The molecule has 31 heteroatoms. The lowest BCUT2D eigenvalue weighted by molar-refractivity contribution is -0.157. The van der Waals surface area contributed by atoms with Gasteiger partial charge in [-0.25, -0.2) is 8.98 Å². The van der Waals surface area contributed by atoms with Gasteiger partial charge in [-0.1, -0.05) is 59.0 Å². The molecular formula is C51H62F3IN4O22S. The number of nitrogens with two attached hydrogens (primary N) is 1. The fraction of sp³-hybridized carbons (Fsp3) is 0.451. The molecule has 0 bridgehead atoms. The van der Waals surface area contributed by atoms with Crippen LogP contribution in [0.3, 0.4) is 0 Å². The van der Waals surface area contributed by atoms with Gasteiger partial charge in [0.25, 0.3) is 17.7 Å². The standard InChI is InChI=1S/C14H14F3NO6S.2C13H15NO4.C5H9NO4.C5H6O4.CH3I/c1-23-10-4-2-9(3-5-10)8-18-12(19)7-6-11(13(18)20)24-25(21,22)14(15,16)17;1-17-10-4-2-9(3-5-10)8-14-13(16)11-6-7-12(15)18-11;1-18-10-4-2-9(3-5-10)8-14-12(16)7-6-11(15)13(14)17;6-3(5(9)10)1-2-4(7)8;6-4-2-1-3(9-4)5(7)8;1-2/h2-5,11H,6-8H2,1H3;2-5,11H,6-8H2,1H3,(H,14,16);2-5,11,15H,6-8H2,1H3;3H,1-2,6H2,(H,7,8)(H,9,10);3H,1-2H2,(H,7,8);1H3. The van der Waals surface area contributed by atoms with Crippen molar-refractivity contribution in [3.8, 4) is 17.2 Å². The third-order valence-corrected chi connectivity index (χ3v) is 12.5. The molecule has 82 heavy (non-hydrogen) atoms. The number of aliphatic carboxylic acids is 3. The predicted octanol–water partition coefficient (Wildman–Crippen LogP) is 3.39. The van der Waals surface area contributed by atoms with Crippen LogP contribution in [0.25, 0.3) is 0 Å². The number of alkyl halides is 4. The molecule has 5 atom stereocenters. The van der Waals surface area contributed by atoms with E-state index in [1.165, 1.54) is 7.11 Å². The van der Waals surface area contributed by atoms with Gasteiger partial charge in [0.1, 0.15) is 29.4 Å². The summed E-state index contributed by atoms with van der Waals surface area (Å²) in [6.45, 7) is 0.392. The number of likely N-dealkylation sites (tertiary alicyclic amines) is 2. The molecule has 0 radical (unpaired) electrons. The van der Waals surface area contributed by atoms with E-state index in [9.17, 15) is 74.6 Å². The zero-order valence-corrected chi connectivity index (χ0v) is 47.5. The number of carbonyl (C=O) groups is 10. The number of piperidine rings is 2. The number of aliphatic hydroxyl groups is 1. The van der Waals surface area contributed by atoms with Crippen LogP contribution in [0.2, 0.25) is 0 Å². The zero-order valence-electron chi connectivity index (χ0n) is 44.5. The van der Waals surface area contributed by atoms with Crippen molar-refractivity contribution in [3.63, 3.8) is 0 Å². The fourth-order valence-electron chi connectivity index (χ4n) is 6.95. The molecule has 0 spiro atoms. The van der Waals surface area contributed by atoms with Crippen molar-refractivity contribution in [2.24, 2.45) is 5.73 Å². The number of imide groups is 2. The van der Waals surface area contributed by atoms with Crippen molar-refractivity contribution < 1.29 is 118 Å². The first-order chi connectivity index (χ1) is 38.6. The van der Waals surface area contributed by atoms with Crippen LogP contribution in [0.5, 0.6) is 17.2 Å². The van der Waals surface area contributed by atoms with Crippen molar-refractivity contribution in [3.05, 3.63) is 89.5 Å². The summed E-state index contributed by atoms with van der Waals surface area (Å²) in [4.78, 5) is 114. The van der Waals surface area contributed by atoms with E-state index in [1.807, 2.05) is 29.2 Å². The number of nitrogens with one attached hydrogen (secondary N) is 1. The van der Waals surface area contributed by atoms with Crippen LogP contribution < -0.4 is 25.3 Å². The number of esters is 2. The summed E-state index contributed by atoms with van der Waals surface area (Å²) in [5, 5.41) is 36.7. The Labute approximate surface area is 481 Å². The number of amides is 5. The lowest BCUT2D eigenvalue weighted by Gasteiger charge is -2.30. The Balaban J connectivity index is 0.000000363. The minimum absolute atomic E-state index is 0.0231. The summed E-state index contributed by atoms with van der Waals surface area (Å²) in [6.07, 6.45) is -3.67. The number of carbonyl (C=O) groups excluding carboxylic acids is 7. The van der Waals surface area contributed by atoms with Crippen molar-refractivity contribution in [1.82, 2.24) is 15.1 Å². The first kappa shape index (κ1) is 70.6. The van der Waals surface area contributed by atoms with Gasteiger partial charge in [-0.3, -0.25) is 53.0 Å². The van der Waals surface area contributed by atoms with E-state index >= 15 is 0 Å². The van der Waals surface area contributed by atoms with Crippen molar-refractivity contribution in [1.29, 1.82) is 0 Å². The molecule has 7 rings (SSSR count). The summed E-state index contributed by atoms with van der Waals surface area (Å²) in [7, 11) is -1.30. The molecular weight excluding hydrogens is 1240 g/mol. The monoisotopic (exact) mass is 1300 g/mol. The minimum atomic E-state index is -5.93. The smallest absolute Gasteiger partial charge is 0.497 e. The maximum absolute atomic E-state index is 12.4. The lowest BCUT2D eigenvalue weighted by atomic mass is 10.1. The maximum Gasteiger partial charge on any atom is 0.523 e. The SMILES string of the molecule is CI.COc1ccc(CN2C(=O)CCC(O)C2=O)cc1.COc1ccc(CN2C(=O)CCC(OS(=O)(=O)C(F)(F)F)C2=O)cc1.COc1ccc(CNC(=O)C2CCC(=O)O2)cc1.NC(CCC(=O)O)C(=O)O.O=C1CCC(C(=O)O)O1. The fourth-order valence-corrected chi connectivity index (χ4v) is 7.54. The molecule has 3 aromatic carbocycles. The highest BCUT2D eigenvalue weighted by Crippen LogP contribution is 2.29. The first-order valence-electron chi connectivity index (χ1n) is 24.3. The number of hydrogen-bond acceptors (Lipinski definition) is 20. The highest BCUT2D eigenvalue weighted by molar-refractivity contribution is 14.1. The van der Waals surface area contributed by atoms with Crippen LogP contribution in [-0.4, -0.2) is 160 Å². The van der Waals surface area contributed by atoms with E-state index in [0.29, 0.717) is 42.0 Å². The van der Waals surface area contributed by atoms with E-state index in [2.05, 4.69) is 36.8 Å². The minimum Gasteiger partial charge on any atom is -0.497 e. The number of hydrogen-bond donors (Lipinski definition) is 6. The van der Waals surface area contributed by atoms with Gasteiger partial charge in [0, 0.05) is 51.5 Å². The average molecular weight is 1300 g/mol. The molecule has 4 aliphatic rings. The molecule has 26 nitrogen and oxygen atoms in total. The van der Waals surface area contributed by atoms with Crippen LogP contribution in [0, 0.1) is 0 Å². The molecule has 0 aliphatic carbocycles. The molecule has 4 aliphatic heterocycles. The number of carboxylic acid groups (broad SMARTS) is 3. The summed E-state index contributed by atoms with van der Waals surface area (Å²) in [5.74, 6) is -4.67. The van der Waals surface area contributed by atoms with Crippen molar-refractivity contribution in [2.45, 2.75) is 120 Å². The number of cyclic esters (lactones) is 2. The number of benzene rings is 3. The number of rotatable bonds is 17. The van der Waals surface area contributed by atoms with Gasteiger partial charge in [0.15, 0.2) is 18.3 Å². The largest absolute Gasteiger partial charge is 0.523 e. The van der Waals surface area contributed by atoms with Crippen LogP contribution in [-0.2, 0) is 91.4 Å². The predicted molar refractivity (Wildman–Crippen MR) is 285 cm³/mol. The van der Waals surface area contributed by atoms with Gasteiger partial charge in [0.05, 0.1) is 34.4 Å². The Kier molecular flexibility index (Phi) is 29.9. The Hall–Kier alpha value is -7.49. The van der Waals surface area contributed by atoms with E-state index in [0.717, 1.165) is 27.5 Å². The van der Waals surface area contributed by atoms with E-state index in [-0.39, 0.29) is 69.4 Å². The summed E-state index contributed by atoms with van der Waals surface area (Å²) in [6, 6.07) is 19.8. The molecule has 452 valence electrons. The van der Waals surface area contributed by atoms with Crippen molar-refractivity contribution in [2.75, 3.05) is 26.3 Å². The third kappa shape index (κ3) is 23.9. The second kappa shape index (κ2) is 34.7. The number of nitrogens with zero attached hydrogens (tertiary/aromatic N) is 2. The topological polar surface area (TPSA) is 386 Å². The van der Waals surface area contributed by atoms with Crippen molar-refractivity contribution >= 4 is 92.1 Å². The molecule has 3 aromatic rings. The molecule has 5 amide bonds. The Morgan fingerprint density at radius 1 is 0.671 bits per heavy atom. The van der Waals surface area contributed by atoms with Gasteiger partial charge in [0.2, 0.25) is 11.8 Å². The van der Waals surface area contributed by atoms with Crippen LogP contribution in [0.1, 0.15) is 80.9 Å². The normalized spacial score (nSPS) is 18.7. The van der Waals surface area contributed by atoms with Crippen LogP contribution >= 0.6 is 22.6 Å². The first-order valence-corrected chi connectivity index (χ1v) is 27.9. The second-order valence-corrected chi connectivity index (χ2v) is 18.8. The molecule has 4 heterocycles. The molecule has 0 aromatic heterocycles. The van der Waals surface area contributed by atoms with Crippen LogP contribution in [0.15, 0.2) is 72.8 Å².